The summed E-state index contributed by atoms with van der Waals surface area (Å²) in [7, 11) is 0. The summed E-state index contributed by atoms with van der Waals surface area (Å²) in [5, 5.41) is 11.7. The molecule has 4 nitrogen and oxygen atoms in total. The van der Waals surface area contributed by atoms with E-state index in [2.05, 4.69) is 5.32 Å². The first-order valence-corrected chi connectivity index (χ1v) is 6.11. The zero-order valence-corrected chi connectivity index (χ0v) is 10.5. The minimum absolute atomic E-state index is 0.0747. The van der Waals surface area contributed by atoms with Gasteiger partial charge in [0.2, 0.25) is 5.91 Å². The van der Waals surface area contributed by atoms with Crippen LogP contribution in [0.4, 0.5) is 0 Å². The van der Waals surface area contributed by atoms with E-state index in [9.17, 15) is 9.59 Å². The maximum atomic E-state index is 12.0. The van der Waals surface area contributed by atoms with Crippen molar-refractivity contribution in [1.29, 1.82) is 0 Å². The molecule has 0 spiro atoms. The molecule has 18 heavy (non-hydrogen) atoms. The molecule has 1 amide bonds. The van der Waals surface area contributed by atoms with E-state index in [1.165, 1.54) is 5.56 Å². The molecule has 0 saturated heterocycles. The number of amides is 1. The Bertz CT molecular complexity index is 484. The molecular formula is C14H17NO3. The largest absolute Gasteiger partial charge is 0.481 e. The zero-order chi connectivity index (χ0) is 13.3. The highest BCUT2D eigenvalue weighted by molar-refractivity contribution is 5.87. The average Bonchev–Trinajstić information content (AvgIpc) is 2.29. The number of benzene rings is 1. The van der Waals surface area contributed by atoms with Gasteiger partial charge in [-0.05, 0) is 31.4 Å². The molecule has 0 aliphatic heterocycles. The van der Waals surface area contributed by atoms with Crippen molar-refractivity contribution in [2.24, 2.45) is 5.92 Å². The Kier molecular flexibility index (Phi) is 3.36. The second-order valence-corrected chi connectivity index (χ2v) is 4.88. The van der Waals surface area contributed by atoms with E-state index in [-0.39, 0.29) is 17.9 Å². The highest BCUT2D eigenvalue weighted by atomic mass is 16.4. The van der Waals surface area contributed by atoms with Gasteiger partial charge in [0, 0.05) is 6.04 Å². The Balaban J connectivity index is 1.97. The number of hydrogen-bond donors (Lipinski definition) is 2. The van der Waals surface area contributed by atoms with Crippen LogP contribution in [0.2, 0.25) is 0 Å². The lowest BCUT2D eigenvalue weighted by atomic mass is 9.77. The number of carboxylic acid groups (broad SMARTS) is 1. The van der Waals surface area contributed by atoms with Gasteiger partial charge in [0.15, 0.2) is 0 Å². The Morgan fingerprint density at radius 2 is 2.00 bits per heavy atom. The van der Waals surface area contributed by atoms with Crippen molar-refractivity contribution in [2.75, 3.05) is 0 Å². The van der Waals surface area contributed by atoms with E-state index in [0.717, 1.165) is 12.0 Å². The Labute approximate surface area is 106 Å². The first kappa shape index (κ1) is 12.6. The molecule has 1 aromatic carbocycles. The number of carbonyl (C=O) groups excluding carboxylic acids is 1. The molecule has 0 aromatic heterocycles. The van der Waals surface area contributed by atoms with Gasteiger partial charge in [-0.3, -0.25) is 9.59 Å². The van der Waals surface area contributed by atoms with E-state index < -0.39 is 11.9 Å². The summed E-state index contributed by atoms with van der Waals surface area (Å²) in [6.07, 6.45) is 0.746. The molecule has 3 unspecified atom stereocenters. The number of carbonyl (C=O) groups is 2. The predicted molar refractivity (Wildman–Crippen MR) is 67.3 cm³/mol. The van der Waals surface area contributed by atoms with Crippen LogP contribution in [0.5, 0.6) is 0 Å². The van der Waals surface area contributed by atoms with E-state index in [1.807, 2.05) is 24.3 Å². The van der Waals surface area contributed by atoms with Crippen LogP contribution >= 0.6 is 0 Å². The van der Waals surface area contributed by atoms with Gasteiger partial charge in [-0.2, -0.15) is 0 Å². The molecule has 4 heteroatoms. The Morgan fingerprint density at radius 1 is 1.33 bits per heavy atom. The Morgan fingerprint density at radius 3 is 2.61 bits per heavy atom. The van der Waals surface area contributed by atoms with Gasteiger partial charge < -0.3 is 10.4 Å². The van der Waals surface area contributed by atoms with E-state index in [1.54, 1.807) is 13.8 Å². The SMILES string of the molecule is CC(NC(=O)C1Cc2ccccc21)C(C)C(=O)O. The van der Waals surface area contributed by atoms with Crippen LogP contribution in [0, 0.1) is 5.92 Å². The van der Waals surface area contributed by atoms with Gasteiger partial charge in [-0.15, -0.1) is 0 Å². The van der Waals surface area contributed by atoms with Crippen molar-refractivity contribution in [3.05, 3.63) is 35.4 Å². The van der Waals surface area contributed by atoms with Crippen LogP contribution in [0.1, 0.15) is 30.9 Å². The lowest BCUT2D eigenvalue weighted by molar-refractivity contribution is -0.142. The highest BCUT2D eigenvalue weighted by Crippen LogP contribution is 2.34. The van der Waals surface area contributed by atoms with Gasteiger partial charge in [0.05, 0.1) is 11.8 Å². The second-order valence-electron chi connectivity index (χ2n) is 4.88. The van der Waals surface area contributed by atoms with Gasteiger partial charge in [0.25, 0.3) is 0 Å². The van der Waals surface area contributed by atoms with Crippen molar-refractivity contribution < 1.29 is 14.7 Å². The monoisotopic (exact) mass is 247 g/mol. The number of fused-ring (bicyclic) bond motifs is 1. The fraction of sp³-hybridized carbons (Fsp3) is 0.429. The van der Waals surface area contributed by atoms with Gasteiger partial charge in [-0.25, -0.2) is 0 Å². The van der Waals surface area contributed by atoms with Crippen molar-refractivity contribution in [3.63, 3.8) is 0 Å². The van der Waals surface area contributed by atoms with Crippen molar-refractivity contribution in [2.45, 2.75) is 32.2 Å². The molecule has 0 heterocycles. The molecule has 2 N–H and O–H groups in total. The summed E-state index contributed by atoms with van der Waals surface area (Å²) in [5.74, 6) is -1.67. The average molecular weight is 247 g/mol. The molecule has 0 fully saturated rings. The first-order valence-electron chi connectivity index (χ1n) is 6.11. The maximum absolute atomic E-state index is 12.0. The standard InChI is InChI=1S/C14H17NO3/c1-8(14(17)18)9(2)15-13(16)12-7-10-5-3-4-6-11(10)12/h3-6,8-9,12H,7H2,1-2H3,(H,15,16)(H,17,18). The Hall–Kier alpha value is -1.84. The van der Waals surface area contributed by atoms with Gasteiger partial charge >= 0.3 is 5.97 Å². The highest BCUT2D eigenvalue weighted by Gasteiger charge is 2.33. The molecule has 1 aliphatic rings. The first-order chi connectivity index (χ1) is 8.50. The van der Waals surface area contributed by atoms with Crippen LogP contribution in [0.3, 0.4) is 0 Å². The van der Waals surface area contributed by atoms with Gasteiger partial charge in [0.1, 0.15) is 0 Å². The summed E-state index contributed by atoms with van der Waals surface area (Å²) in [6, 6.07) is 7.49. The quantitative estimate of drug-likeness (QED) is 0.848. The van der Waals surface area contributed by atoms with Crippen LogP contribution < -0.4 is 5.32 Å². The third kappa shape index (κ3) is 2.23. The summed E-state index contributed by atoms with van der Waals surface area (Å²) in [4.78, 5) is 22.8. The number of rotatable bonds is 4. The van der Waals surface area contributed by atoms with E-state index in [4.69, 9.17) is 5.11 Å². The topological polar surface area (TPSA) is 66.4 Å². The molecule has 1 aliphatic carbocycles. The summed E-state index contributed by atoms with van der Waals surface area (Å²) in [5.41, 5.74) is 2.27. The van der Waals surface area contributed by atoms with Crippen LogP contribution in [-0.4, -0.2) is 23.0 Å². The van der Waals surface area contributed by atoms with E-state index in [0.29, 0.717) is 0 Å². The normalized spacial score (nSPS) is 20.2. The van der Waals surface area contributed by atoms with Gasteiger partial charge in [-0.1, -0.05) is 24.3 Å². The molecule has 0 radical (unpaired) electrons. The van der Waals surface area contributed by atoms with Crippen LogP contribution in [-0.2, 0) is 16.0 Å². The molecule has 3 atom stereocenters. The maximum Gasteiger partial charge on any atom is 0.308 e. The van der Waals surface area contributed by atoms with Crippen molar-refractivity contribution >= 4 is 11.9 Å². The lowest BCUT2D eigenvalue weighted by Crippen LogP contribution is -2.44. The van der Waals surface area contributed by atoms with Crippen molar-refractivity contribution in [1.82, 2.24) is 5.32 Å². The molecule has 1 aromatic rings. The fourth-order valence-corrected chi connectivity index (χ4v) is 2.16. The van der Waals surface area contributed by atoms with Crippen molar-refractivity contribution in [3.8, 4) is 0 Å². The number of nitrogens with one attached hydrogen (secondary N) is 1. The lowest BCUT2D eigenvalue weighted by Gasteiger charge is -2.30. The summed E-state index contributed by atoms with van der Waals surface area (Å²) < 4.78 is 0. The molecule has 0 saturated carbocycles. The van der Waals surface area contributed by atoms with E-state index >= 15 is 0 Å². The smallest absolute Gasteiger partial charge is 0.308 e. The third-order valence-corrected chi connectivity index (χ3v) is 3.68. The summed E-state index contributed by atoms with van der Waals surface area (Å²) in [6.45, 7) is 3.32. The molecule has 2 rings (SSSR count). The van der Waals surface area contributed by atoms with Crippen LogP contribution in [0.15, 0.2) is 24.3 Å². The minimum Gasteiger partial charge on any atom is -0.481 e. The fourth-order valence-electron chi connectivity index (χ4n) is 2.16. The number of hydrogen-bond acceptors (Lipinski definition) is 2. The molecular weight excluding hydrogens is 230 g/mol. The molecule has 0 bridgehead atoms. The van der Waals surface area contributed by atoms with Crippen LogP contribution in [0.25, 0.3) is 0 Å². The number of aliphatic carboxylic acids is 1. The predicted octanol–water partition coefficient (Wildman–Crippen LogP) is 1.55. The third-order valence-electron chi connectivity index (χ3n) is 3.68. The number of carboxylic acids is 1. The minimum atomic E-state index is -0.892. The zero-order valence-electron chi connectivity index (χ0n) is 10.5. The molecule has 96 valence electrons. The second kappa shape index (κ2) is 4.80. The summed E-state index contributed by atoms with van der Waals surface area (Å²) >= 11 is 0.